The molecule has 6 N–H and O–H groups in total. The van der Waals surface area contributed by atoms with Gasteiger partial charge >= 0.3 is 18.2 Å². The van der Waals surface area contributed by atoms with Crippen LogP contribution >= 0.6 is 0 Å². The molecule has 0 aliphatic carbocycles. The van der Waals surface area contributed by atoms with E-state index in [0.29, 0.717) is 23.9 Å². The van der Waals surface area contributed by atoms with Crippen LogP contribution in [0.2, 0.25) is 0 Å². The van der Waals surface area contributed by atoms with E-state index in [4.69, 9.17) is 20.6 Å². The van der Waals surface area contributed by atoms with E-state index >= 15 is 0 Å². The van der Waals surface area contributed by atoms with Gasteiger partial charge in [-0.3, -0.25) is 0 Å². The second-order valence-electron chi connectivity index (χ2n) is 9.21. The van der Waals surface area contributed by atoms with Crippen molar-refractivity contribution in [1.29, 1.82) is 0 Å². The van der Waals surface area contributed by atoms with Crippen molar-refractivity contribution in [3.05, 3.63) is 59.2 Å². The number of halogens is 3. The molecule has 208 valence electrons. The van der Waals surface area contributed by atoms with E-state index < -0.39 is 36.6 Å². The molecular weight excluding hydrogens is 505 g/mol. The van der Waals surface area contributed by atoms with Crippen molar-refractivity contribution in [2.45, 2.75) is 57.2 Å². The predicted molar refractivity (Wildman–Crippen MR) is 134 cm³/mol. The molecular formula is C26H33F3N4O5. The summed E-state index contributed by atoms with van der Waals surface area (Å²) >= 11 is 0. The van der Waals surface area contributed by atoms with Gasteiger partial charge in [-0.2, -0.15) is 18.2 Å². The van der Waals surface area contributed by atoms with Crippen molar-refractivity contribution in [2.75, 3.05) is 19.7 Å². The molecule has 0 fully saturated rings. The molecule has 1 heterocycles. The predicted octanol–water partition coefficient (Wildman–Crippen LogP) is 2.88. The number of hydrogen-bond acceptors (Lipinski definition) is 9. The monoisotopic (exact) mass is 538 g/mol. The first-order valence-electron chi connectivity index (χ1n) is 12.2. The normalized spacial score (nSPS) is 15.2. The molecule has 0 spiro atoms. The van der Waals surface area contributed by atoms with Gasteiger partial charge in [0, 0.05) is 6.04 Å². The highest BCUT2D eigenvalue weighted by molar-refractivity contribution is 5.76. The number of nitrogens with two attached hydrogens (primary N) is 2. The maximum absolute atomic E-state index is 12.9. The van der Waals surface area contributed by atoms with Crippen LogP contribution in [0.5, 0.6) is 6.08 Å². The summed E-state index contributed by atoms with van der Waals surface area (Å²) in [7, 11) is 0. The molecule has 12 heteroatoms. The van der Waals surface area contributed by atoms with Gasteiger partial charge in [-0.15, -0.1) is 0 Å². The molecule has 2 aromatic carbocycles. The van der Waals surface area contributed by atoms with Crippen LogP contribution in [0.1, 0.15) is 29.5 Å². The lowest BCUT2D eigenvalue weighted by molar-refractivity contribution is -0.252. The molecule has 0 saturated heterocycles. The Labute approximate surface area is 218 Å². The number of carbonyl (C=O) groups excluding carboxylic acids is 1. The Morgan fingerprint density at radius 2 is 1.84 bits per heavy atom. The van der Waals surface area contributed by atoms with E-state index in [-0.39, 0.29) is 25.6 Å². The van der Waals surface area contributed by atoms with Crippen LogP contribution in [0.4, 0.5) is 13.2 Å². The summed E-state index contributed by atoms with van der Waals surface area (Å²) in [5.41, 5.74) is 15.6. The maximum atomic E-state index is 12.9. The van der Waals surface area contributed by atoms with Crippen LogP contribution in [0, 0.1) is 13.8 Å². The minimum Gasteiger partial charge on any atom is -0.449 e. The van der Waals surface area contributed by atoms with Crippen molar-refractivity contribution >= 4 is 17.1 Å². The minimum absolute atomic E-state index is 0.00690. The Hall–Kier alpha value is -3.19. The number of esters is 1. The molecule has 3 atom stereocenters. The number of carbonyl (C=O) groups is 1. The highest BCUT2D eigenvalue weighted by Gasteiger charge is 2.48. The molecule has 38 heavy (non-hydrogen) atoms. The van der Waals surface area contributed by atoms with E-state index in [2.05, 4.69) is 15.0 Å². The second kappa shape index (κ2) is 12.6. The van der Waals surface area contributed by atoms with E-state index in [1.807, 2.05) is 56.3 Å². The van der Waals surface area contributed by atoms with Crippen LogP contribution < -0.4 is 21.5 Å². The molecule has 0 aliphatic heterocycles. The minimum atomic E-state index is -5.31. The number of aryl methyl sites for hydroxylation is 3. The van der Waals surface area contributed by atoms with Gasteiger partial charge in [-0.25, -0.2) is 4.79 Å². The van der Waals surface area contributed by atoms with Gasteiger partial charge in [-0.1, -0.05) is 30.3 Å². The number of aromatic nitrogens is 1. The van der Waals surface area contributed by atoms with Gasteiger partial charge in [0.1, 0.15) is 12.1 Å². The average Bonchev–Trinajstić information content (AvgIpc) is 3.25. The number of alkyl halides is 3. The Bertz CT molecular complexity index is 1170. The lowest BCUT2D eigenvalue weighted by Crippen LogP contribution is -2.60. The maximum Gasteiger partial charge on any atom is 0.491 e. The molecule has 1 aromatic heterocycles. The van der Waals surface area contributed by atoms with Crippen LogP contribution in [0.25, 0.3) is 11.1 Å². The molecule has 0 bridgehead atoms. The average molecular weight is 539 g/mol. The number of oxazole rings is 1. The van der Waals surface area contributed by atoms with Gasteiger partial charge in [0.05, 0.1) is 12.6 Å². The quantitative estimate of drug-likeness (QED) is 0.191. The van der Waals surface area contributed by atoms with Crippen LogP contribution in [0.15, 0.2) is 46.9 Å². The van der Waals surface area contributed by atoms with Crippen molar-refractivity contribution in [2.24, 2.45) is 11.5 Å². The highest BCUT2D eigenvalue weighted by atomic mass is 19.4. The fourth-order valence-corrected chi connectivity index (χ4v) is 3.78. The Balaban J connectivity index is 1.75. The molecule has 0 amide bonds. The SMILES string of the molecule is Cc1cc2nc(OC[C@@H](CCc3ccccc3)NC[C@](O)(OC(=O)C(F)(F)F)[C@H](N)CCN)oc2cc1C. The smallest absolute Gasteiger partial charge is 0.449 e. The third-order valence-electron chi connectivity index (χ3n) is 6.22. The zero-order valence-corrected chi connectivity index (χ0v) is 21.3. The van der Waals surface area contributed by atoms with Crippen LogP contribution in [0.3, 0.4) is 0 Å². The number of nitrogens with zero attached hydrogens (tertiary/aromatic N) is 1. The molecule has 0 saturated carbocycles. The van der Waals surface area contributed by atoms with Crippen LogP contribution in [-0.2, 0) is 16.0 Å². The van der Waals surface area contributed by atoms with Crippen LogP contribution in [-0.4, -0.2) is 59.8 Å². The third-order valence-corrected chi connectivity index (χ3v) is 6.22. The number of nitrogens with one attached hydrogen (secondary N) is 1. The van der Waals surface area contributed by atoms with E-state index in [0.717, 1.165) is 16.7 Å². The number of hydrogen-bond donors (Lipinski definition) is 4. The van der Waals surface area contributed by atoms with Gasteiger partial charge in [0.15, 0.2) is 5.58 Å². The lowest BCUT2D eigenvalue weighted by Gasteiger charge is -2.34. The molecule has 9 nitrogen and oxygen atoms in total. The standard InChI is InChI=1S/C26H33F3N4O5/c1-16-12-20-21(13-17(16)2)37-24(33-20)36-14-19(9-8-18-6-4-3-5-7-18)32-15-25(35,22(31)10-11-30)38-23(34)26(27,28)29/h3-7,12-13,19,22,32,35H,8-11,14-15,30-31H2,1-2H3/t19-,22-,25+/m1/s1. The van der Waals surface area contributed by atoms with E-state index in [1.165, 1.54) is 0 Å². The summed E-state index contributed by atoms with van der Waals surface area (Å²) in [6, 6.07) is 11.4. The first kappa shape index (κ1) is 29.4. The molecule has 0 unspecified atom stereocenters. The van der Waals surface area contributed by atoms with E-state index in [9.17, 15) is 23.1 Å². The zero-order chi connectivity index (χ0) is 27.9. The Morgan fingerprint density at radius 1 is 1.16 bits per heavy atom. The van der Waals surface area contributed by atoms with Gasteiger partial charge in [-0.05, 0) is 68.5 Å². The fourth-order valence-electron chi connectivity index (χ4n) is 3.78. The second-order valence-corrected chi connectivity index (χ2v) is 9.21. The van der Waals surface area contributed by atoms with Gasteiger partial charge < -0.3 is 35.8 Å². The summed E-state index contributed by atoms with van der Waals surface area (Å²) in [5, 5.41) is 13.8. The fraction of sp³-hybridized carbons (Fsp3) is 0.462. The number of rotatable bonds is 13. The summed E-state index contributed by atoms with van der Waals surface area (Å²) in [6.07, 6.45) is -4.33. The first-order valence-corrected chi connectivity index (χ1v) is 12.2. The Kier molecular flexibility index (Phi) is 9.71. The number of fused-ring (bicyclic) bond motifs is 1. The van der Waals surface area contributed by atoms with Crippen molar-refractivity contribution in [3.63, 3.8) is 0 Å². The third kappa shape index (κ3) is 7.90. The van der Waals surface area contributed by atoms with Crippen molar-refractivity contribution < 1.29 is 37.0 Å². The Morgan fingerprint density at radius 3 is 2.50 bits per heavy atom. The summed E-state index contributed by atoms with van der Waals surface area (Å²) in [4.78, 5) is 15.9. The van der Waals surface area contributed by atoms with Gasteiger partial charge in [0.2, 0.25) is 5.79 Å². The lowest BCUT2D eigenvalue weighted by atomic mass is 10.0. The van der Waals surface area contributed by atoms with E-state index in [1.54, 1.807) is 0 Å². The number of aliphatic hydroxyl groups is 1. The topological polar surface area (TPSA) is 146 Å². The molecule has 3 aromatic rings. The largest absolute Gasteiger partial charge is 0.491 e. The molecule has 0 radical (unpaired) electrons. The van der Waals surface area contributed by atoms with Gasteiger partial charge in [0.25, 0.3) is 0 Å². The van der Waals surface area contributed by atoms with Crippen molar-refractivity contribution in [1.82, 2.24) is 10.3 Å². The molecule has 3 rings (SSSR count). The molecule has 0 aliphatic rings. The number of ether oxygens (including phenoxy) is 2. The summed E-state index contributed by atoms with van der Waals surface area (Å²) < 4.78 is 54.5. The summed E-state index contributed by atoms with van der Waals surface area (Å²) in [5.74, 6) is -5.22. The summed E-state index contributed by atoms with van der Waals surface area (Å²) in [6.45, 7) is 3.27. The number of benzene rings is 2. The van der Waals surface area contributed by atoms with Crippen molar-refractivity contribution in [3.8, 4) is 6.08 Å². The highest BCUT2D eigenvalue weighted by Crippen LogP contribution is 2.25. The zero-order valence-electron chi connectivity index (χ0n) is 21.3. The first-order chi connectivity index (χ1) is 17.9.